The molecular weight excluding hydrogens is 564 g/mol. The molecule has 1 heterocycles. The number of hydrogen-bond donors (Lipinski definition) is 1. The van der Waals surface area contributed by atoms with E-state index in [1.165, 1.54) is 13.2 Å². The van der Waals surface area contributed by atoms with E-state index in [2.05, 4.69) is 13.8 Å². The Morgan fingerprint density at radius 1 is 1.16 bits per heavy atom. The van der Waals surface area contributed by atoms with Crippen LogP contribution in [0.5, 0.6) is 5.75 Å². The molecular formula is C33H40F4N2O4. The van der Waals surface area contributed by atoms with Gasteiger partial charge in [0.05, 0.1) is 18.7 Å². The van der Waals surface area contributed by atoms with Gasteiger partial charge in [-0.3, -0.25) is 9.69 Å². The Morgan fingerprint density at radius 3 is 2.44 bits per heavy atom. The number of rotatable bonds is 8. The molecule has 2 N–H and O–H groups in total. The second-order valence-electron chi connectivity index (χ2n) is 13.3. The van der Waals surface area contributed by atoms with Crippen LogP contribution in [-0.2, 0) is 22.1 Å². The number of nitrogens with two attached hydrogens (primary N) is 1. The highest BCUT2D eigenvalue weighted by molar-refractivity contribution is 5.81. The van der Waals surface area contributed by atoms with Gasteiger partial charge in [0, 0.05) is 23.6 Å². The van der Waals surface area contributed by atoms with Gasteiger partial charge in [0.2, 0.25) is 5.91 Å². The van der Waals surface area contributed by atoms with Crippen LogP contribution in [0.25, 0.3) is 5.57 Å². The van der Waals surface area contributed by atoms with E-state index in [0.29, 0.717) is 35.3 Å². The van der Waals surface area contributed by atoms with Crippen LogP contribution in [0.2, 0.25) is 0 Å². The van der Waals surface area contributed by atoms with Crippen molar-refractivity contribution in [1.82, 2.24) is 4.90 Å². The summed E-state index contributed by atoms with van der Waals surface area (Å²) in [5, 5.41) is 0. The molecule has 234 valence electrons. The number of hydrogen-bond acceptors (Lipinski definition) is 4. The van der Waals surface area contributed by atoms with Crippen LogP contribution in [0.15, 0.2) is 35.9 Å². The summed E-state index contributed by atoms with van der Waals surface area (Å²) >= 11 is 0. The average Bonchev–Trinajstić information content (AvgIpc) is 3.17. The van der Waals surface area contributed by atoms with Crippen molar-refractivity contribution >= 4 is 17.6 Å². The second kappa shape index (κ2) is 11.5. The molecule has 0 bridgehead atoms. The van der Waals surface area contributed by atoms with Gasteiger partial charge in [-0.15, -0.1) is 0 Å². The molecule has 1 fully saturated rings. The van der Waals surface area contributed by atoms with Gasteiger partial charge >= 0.3 is 12.3 Å². The summed E-state index contributed by atoms with van der Waals surface area (Å²) in [7, 11) is 1.46. The van der Waals surface area contributed by atoms with E-state index in [9.17, 15) is 22.8 Å². The van der Waals surface area contributed by atoms with Crippen molar-refractivity contribution in [3.05, 3.63) is 69.5 Å². The zero-order valence-corrected chi connectivity index (χ0v) is 25.7. The fourth-order valence-electron chi connectivity index (χ4n) is 6.10. The quantitative estimate of drug-likeness (QED) is 0.312. The number of allylic oxidation sites excluding steroid dienone is 1. The Hall–Kier alpha value is -3.56. The number of primary amides is 1. The van der Waals surface area contributed by atoms with E-state index in [4.69, 9.17) is 15.2 Å². The predicted molar refractivity (Wildman–Crippen MR) is 156 cm³/mol. The van der Waals surface area contributed by atoms with Crippen molar-refractivity contribution in [3.8, 4) is 5.75 Å². The van der Waals surface area contributed by atoms with E-state index >= 15 is 4.39 Å². The Labute approximate surface area is 250 Å². The smallest absolute Gasteiger partial charge is 0.416 e. The number of ether oxygens (including phenoxy) is 2. The van der Waals surface area contributed by atoms with Gasteiger partial charge in [-0.25, -0.2) is 9.18 Å². The fourth-order valence-corrected chi connectivity index (χ4v) is 6.10. The lowest BCUT2D eigenvalue weighted by Crippen LogP contribution is -2.35. The Morgan fingerprint density at radius 2 is 1.84 bits per heavy atom. The van der Waals surface area contributed by atoms with Crippen molar-refractivity contribution in [3.63, 3.8) is 0 Å². The maximum Gasteiger partial charge on any atom is 0.416 e. The molecule has 2 aromatic rings. The average molecular weight is 605 g/mol. The first-order valence-corrected chi connectivity index (χ1v) is 14.4. The highest BCUT2D eigenvalue weighted by Crippen LogP contribution is 2.46. The highest BCUT2D eigenvalue weighted by Gasteiger charge is 2.42. The van der Waals surface area contributed by atoms with Crippen molar-refractivity contribution in [2.75, 3.05) is 13.7 Å². The molecule has 1 aliphatic carbocycles. The summed E-state index contributed by atoms with van der Waals surface area (Å²) in [4.78, 5) is 26.7. The summed E-state index contributed by atoms with van der Waals surface area (Å²) < 4.78 is 67.0. The number of amides is 2. The molecule has 0 radical (unpaired) electrons. The summed E-state index contributed by atoms with van der Waals surface area (Å²) in [6.45, 7) is 11.1. The number of cyclic esters (lactones) is 1. The van der Waals surface area contributed by atoms with E-state index in [-0.39, 0.29) is 23.9 Å². The molecule has 2 amide bonds. The van der Waals surface area contributed by atoms with Crippen molar-refractivity contribution in [2.24, 2.45) is 16.6 Å². The number of carbonyl (C=O) groups is 2. The number of halogens is 4. The van der Waals surface area contributed by atoms with Crippen LogP contribution in [-0.4, -0.2) is 36.6 Å². The fraction of sp³-hybridized carbons (Fsp3) is 0.515. The SMILES string of the molecule is COc1cc(F)c(CC(C)(C)C(N)=O)cc1C1=C(CN2C(=O)O[C@H](c3cc(C)cc(C(F)(F)F)c3)[C@@H]2C)CC(C)(C)CC1. The molecule has 2 aromatic carbocycles. The zero-order chi connectivity index (χ0) is 32.1. The number of nitrogens with zero attached hydrogens (tertiary/aromatic N) is 1. The summed E-state index contributed by atoms with van der Waals surface area (Å²) in [6.07, 6.45) is -3.83. The van der Waals surface area contributed by atoms with Gasteiger partial charge in [-0.2, -0.15) is 13.2 Å². The third-order valence-corrected chi connectivity index (χ3v) is 8.67. The monoisotopic (exact) mass is 604 g/mol. The Balaban J connectivity index is 1.75. The van der Waals surface area contributed by atoms with E-state index < -0.39 is 47.1 Å². The lowest BCUT2D eigenvalue weighted by molar-refractivity contribution is -0.137. The van der Waals surface area contributed by atoms with Crippen LogP contribution in [0.1, 0.15) is 87.8 Å². The van der Waals surface area contributed by atoms with Gasteiger partial charge in [-0.1, -0.05) is 39.3 Å². The van der Waals surface area contributed by atoms with Crippen LogP contribution < -0.4 is 10.5 Å². The number of alkyl halides is 3. The minimum absolute atomic E-state index is 0.0900. The molecule has 0 aromatic heterocycles. The largest absolute Gasteiger partial charge is 0.496 e. The van der Waals surface area contributed by atoms with Crippen LogP contribution in [0, 0.1) is 23.6 Å². The molecule has 4 rings (SSSR count). The normalized spacial score (nSPS) is 20.8. The molecule has 1 saturated heterocycles. The molecule has 2 atom stereocenters. The van der Waals surface area contributed by atoms with E-state index in [1.807, 2.05) is 0 Å². The molecule has 1 aliphatic heterocycles. The third kappa shape index (κ3) is 6.83. The molecule has 6 nitrogen and oxygen atoms in total. The van der Waals surface area contributed by atoms with E-state index in [0.717, 1.165) is 29.7 Å². The van der Waals surface area contributed by atoms with Gasteiger partial charge < -0.3 is 15.2 Å². The maximum atomic E-state index is 15.2. The molecule has 0 spiro atoms. The van der Waals surface area contributed by atoms with Crippen LogP contribution in [0.3, 0.4) is 0 Å². The maximum absolute atomic E-state index is 15.2. The highest BCUT2D eigenvalue weighted by atomic mass is 19.4. The molecule has 2 aliphatic rings. The first-order chi connectivity index (χ1) is 19.8. The minimum Gasteiger partial charge on any atom is -0.496 e. The van der Waals surface area contributed by atoms with Gasteiger partial charge in [0.1, 0.15) is 17.7 Å². The first-order valence-electron chi connectivity index (χ1n) is 14.4. The lowest BCUT2D eigenvalue weighted by Gasteiger charge is -2.36. The van der Waals surface area contributed by atoms with E-state index in [1.54, 1.807) is 44.7 Å². The number of benzene rings is 2. The number of aryl methyl sites for hydroxylation is 1. The number of carbonyl (C=O) groups excluding carboxylic acids is 2. The standard InChI is InChI=1S/C33H40F4N2O4/c1-18-10-20(12-23(11-18)33(35,36)37)28-19(2)39(30(41)43-28)17-22-15-31(3,4)9-8-24(22)25-13-21(16-32(5,6)29(38)40)26(34)14-27(25)42-7/h10-14,19,28H,8-9,15-17H2,1-7H3,(H2,38,40)/t19-,28-/m0/s1. The van der Waals surface area contributed by atoms with Gasteiger partial charge in [0.25, 0.3) is 0 Å². The van der Waals surface area contributed by atoms with Gasteiger partial charge in [-0.05, 0) is 85.4 Å². The lowest BCUT2D eigenvalue weighted by atomic mass is 9.72. The molecule has 0 saturated carbocycles. The minimum atomic E-state index is -4.53. The Bertz CT molecular complexity index is 1460. The zero-order valence-electron chi connectivity index (χ0n) is 25.7. The first kappa shape index (κ1) is 32.4. The topological polar surface area (TPSA) is 81.9 Å². The van der Waals surface area contributed by atoms with Crippen molar-refractivity contribution in [1.29, 1.82) is 0 Å². The molecule has 43 heavy (non-hydrogen) atoms. The van der Waals surface area contributed by atoms with Crippen molar-refractivity contribution in [2.45, 2.75) is 85.5 Å². The summed E-state index contributed by atoms with van der Waals surface area (Å²) in [6, 6.07) is 6.19. The van der Waals surface area contributed by atoms with Crippen LogP contribution in [0.4, 0.5) is 22.4 Å². The third-order valence-electron chi connectivity index (χ3n) is 8.67. The Kier molecular flexibility index (Phi) is 8.66. The summed E-state index contributed by atoms with van der Waals surface area (Å²) in [5.74, 6) is -0.723. The molecule has 10 heteroatoms. The molecule has 0 unspecified atom stereocenters. The van der Waals surface area contributed by atoms with Gasteiger partial charge in [0.15, 0.2) is 0 Å². The van der Waals surface area contributed by atoms with Crippen LogP contribution >= 0.6 is 0 Å². The predicted octanol–water partition coefficient (Wildman–Crippen LogP) is 7.76. The second-order valence-corrected chi connectivity index (χ2v) is 13.3. The summed E-state index contributed by atoms with van der Waals surface area (Å²) in [5.41, 5.74) is 7.26. The van der Waals surface area contributed by atoms with Crippen molar-refractivity contribution < 1.29 is 36.6 Å². The number of methoxy groups -OCH3 is 1.